The number of nitrogens with zero attached hydrogens (tertiary/aromatic N) is 2. The Bertz CT molecular complexity index is 916. The van der Waals surface area contributed by atoms with Crippen LogP contribution in [0.2, 0.25) is 0 Å². The first kappa shape index (κ1) is 20.3. The van der Waals surface area contributed by atoms with E-state index in [0.29, 0.717) is 29.9 Å². The number of anilines is 2. The maximum atomic E-state index is 13.0. The number of nitrogens with one attached hydrogen (secondary N) is 2. The average molecular weight is 395 g/mol. The summed E-state index contributed by atoms with van der Waals surface area (Å²) in [4.78, 5) is 43.3. The number of amides is 3. The van der Waals surface area contributed by atoms with E-state index < -0.39 is 11.8 Å². The van der Waals surface area contributed by atoms with Crippen molar-refractivity contribution in [2.75, 3.05) is 24.6 Å². The molecule has 3 rings (SSSR count). The molecule has 8 nitrogen and oxygen atoms in total. The number of nitrogens with two attached hydrogens (primary N) is 1. The Hall–Kier alpha value is -3.42. The highest BCUT2D eigenvalue weighted by Crippen LogP contribution is 2.33. The van der Waals surface area contributed by atoms with Crippen molar-refractivity contribution >= 4 is 29.2 Å². The number of pyridine rings is 1. The molecule has 0 saturated carbocycles. The first-order chi connectivity index (χ1) is 13.9. The van der Waals surface area contributed by atoms with E-state index in [4.69, 9.17) is 5.73 Å². The summed E-state index contributed by atoms with van der Waals surface area (Å²) in [5.41, 5.74) is 7.74. The molecule has 1 saturated heterocycles. The summed E-state index contributed by atoms with van der Waals surface area (Å²) >= 11 is 0. The molecular weight excluding hydrogens is 370 g/mol. The highest BCUT2D eigenvalue weighted by atomic mass is 16.2. The number of hydrogen-bond acceptors (Lipinski definition) is 5. The van der Waals surface area contributed by atoms with Crippen molar-refractivity contribution in [2.45, 2.75) is 25.8 Å². The Morgan fingerprint density at radius 2 is 1.90 bits per heavy atom. The fourth-order valence-corrected chi connectivity index (χ4v) is 3.60. The molecule has 4 N–H and O–H groups in total. The number of rotatable bonds is 3. The molecule has 0 spiro atoms. The van der Waals surface area contributed by atoms with Gasteiger partial charge in [0.15, 0.2) is 0 Å². The predicted octanol–water partition coefficient (Wildman–Crippen LogP) is 1.64. The van der Waals surface area contributed by atoms with E-state index >= 15 is 0 Å². The molecule has 2 aromatic rings. The van der Waals surface area contributed by atoms with Gasteiger partial charge in [-0.05, 0) is 37.0 Å². The molecule has 0 bridgehead atoms. The fourth-order valence-electron chi connectivity index (χ4n) is 3.60. The monoisotopic (exact) mass is 395 g/mol. The first-order valence-corrected chi connectivity index (χ1v) is 9.51. The van der Waals surface area contributed by atoms with Crippen molar-refractivity contribution in [3.8, 4) is 0 Å². The lowest BCUT2D eigenvalue weighted by Gasteiger charge is -2.39. The van der Waals surface area contributed by atoms with Gasteiger partial charge in [-0.2, -0.15) is 0 Å². The third-order valence-electron chi connectivity index (χ3n) is 5.22. The van der Waals surface area contributed by atoms with Crippen LogP contribution in [-0.2, 0) is 14.4 Å². The summed E-state index contributed by atoms with van der Waals surface area (Å²) in [5.74, 6) is -1.57. The van der Waals surface area contributed by atoms with Gasteiger partial charge in [0.25, 0.3) is 0 Å². The number of piperidine rings is 1. The first-order valence-electron chi connectivity index (χ1n) is 9.51. The quantitative estimate of drug-likeness (QED) is 0.683. The van der Waals surface area contributed by atoms with Crippen molar-refractivity contribution < 1.29 is 14.4 Å². The van der Waals surface area contributed by atoms with Crippen LogP contribution in [-0.4, -0.2) is 41.2 Å². The molecule has 1 fully saturated rings. The van der Waals surface area contributed by atoms with Crippen LogP contribution in [0.4, 0.5) is 11.5 Å². The third-order valence-corrected chi connectivity index (χ3v) is 5.22. The van der Waals surface area contributed by atoms with Crippen LogP contribution in [0, 0.1) is 12.8 Å². The highest BCUT2D eigenvalue weighted by Gasteiger charge is 2.37. The van der Waals surface area contributed by atoms with Crippen LogP contribution in [0.15, 0.2) is 42.6 Å². The number of aryl methyl sites for hydroxylation is 1. The topological polar surface area (TPSA) is 117 Å². The molecular formula is C21H25N5O3. The average Bonchev–Trinajstić information content (AvgIpc) is 2.75. The van der Waals surface area contributed by atoms with E-state index in [2.05, 4.69) is 15.6 Å². The van der Waals surface area contributed by atoms with E-state index in [1.807, 2.05) is 30.3 Å². The zero-order valence-corrected chi connectivity index (χ0v) is 16.5. The van der Waals surface area contributed by atoms with Gasteiger partial charge in [0, 0.05) is 13.6 Å². The minimum Gasteiger partial charge on any atom is -0.383 e. The standard InChI is InChI=1S/C21H25N5O3/c1-13-10-16(11-24-18(13)22)25-20(28)21(29)26-12-15(19(27)23-2)8-9-17(26)14-6-4-3-5-7-14/h3-7,10-11,15,17H,8-9,12H2,1-2H3,(H2,22,24)(H,23,27)(H,25,28)/t15?,17-/m1/s1. The van der Waals surface area contributed by atoms with Crippen LogP contribution in [0.3, 0.4) is 0 Å². The van der Waals surface area contributed by atoms with Crippen molar-refractivity contribution in [3.63, 3.8) is 0 Å². The van der Waals surface area contributed by atoms with Crippen molar-refractivity contribution in [1.29, 1.82) is 0 Å². The van der Waals surface area contributed by atoms with Crippen molar-refractivity contribution in [1.82, 2.24) is 15.2 Å². The van der Waals surface area contributed by atoms with Crippen molar-refractivity contribution in [3.05, 3.63) is 53.7 Å². The summed E-state index contributed by atoms with van der Waals surface area (Å²) in [6, 6.07) is 10.9. The number of likely N-dealkylation sites (tertiary alicyclic amines) is 1. The van der Waals surface area contributed by atoms with Gasteiger partial charge in [-0.3, -0.25) is 14.4 Å². The van der Waals surface area contributed by atoms with Gasteiger partial charge >= 0.3 is 11.8 Å². The molecule has 2 atom stereocenters. The van der Waals surface area contributed by atoms with Gasteiger partial charge in [0.05, 0.1) is 23.8 Å². The van der Waals surface area contributed by atoms with Gasteiger partial charge < -0.3 is 21.3 Å². The zero-order valence-electron chi connectivity index (χ0n) is 16.5. The number of benzene rings is 1. The lowest BCUT2D eigenvalue weighted by Crippen LogP contribution is -2.49. The van der Waals surface area contributed by atoms with E-state index in [0.717, 1.165) is 5.56 Å². The fraction of sp³-hybridized carbons (Fsp3) is 0.333. The van der Waals surface area contributed by atoms with Gasteiger partial charge in [-0.1, -0.05) is 30.3 Å². The number of aromatic nitrogens is 1. The van der Waals surface area contributed by atoms with Crippen molar-refractivity contribution in [2.24, 2.45) is 5.92 Å². The maximum Gasteiger partial charge on any atom is 0.313 e. The van der Waals surface area contributed by atoms with Gasteiger partial charge in [0.2, 0.25) is 5.91 Å². The van der Waals surface area contributed by atoms with Crippen LogP contribution in [0.25, 0.3) is 0 Å². The molecule has 1 aromatic carbocycles. The number of hydrogen-bond donors (Lipinski definition) is 3. The Labute approximate surface area is 169 Å². The normalized spacial score (nSPS) is 18.8. The largest absolute Gasteiger partial charge is 0.383 e. The molecule has 1 aliphatic rings. The molecule has 8 heteroatoms. The second-order valence-corrected chi connectivity index (χ2v) is 7.15. The highest BCUT2D eigenvalue weighted by molar-refractivity contribution is 6.39. The van der Waals surface area contributed by atoms with E-state index in [1.165, 1.54) is 11.1 Å². The summed E-state index contributed by atoms with van der Waals surface area (Å²) in [6.07, 6.45) is 2.65. The minimum absolute atomic E-state index is 0.131. The molecule has 0 aliphatic carbocycles. The molecule has 152 valence electrons. The molecule has 29 heavy (non-hydrogen) atoms. The van der Waals surface area contributed by atoms with Gasteiger partial charge in [0.1, 0.15) is 5.82 Å². The lowest BCUT2D eigenvalue weighted by atomic mass is 9.88. The molecule has 3 amide bonds. The van der Waals surface area contributed by atoms with Crippen LogP contribution < -0.4 is 16.4 Å². The Balaban J connectivity index is 1.82. The van der Waals surface area contributed by atoms with E-state index in [9.17, 15) is 14.4 Å². The second kappa shape index (κ2) is 8.72. The SMILES string of the molecule is CNC(=O)C1CC[C@H](c2ccccc2)N(C(=O)C(=O)Nc2cnc(N)c(C)c2)C1. The summed E-state index contributed by atoms with van der Waals surface area (Å²) in [6.45, 7) is 1.95. The second-order valence-electron chi connectivity index (χ2n) is 7.15. The van der Waals surface area contributed by atoms with Crippen LogP contribution in [0.5, 0.6) is 0 Å². The smallest absolute Gasteiger partial charge is 0.313 e. The Morgan fingerprint density at radius 1 is 1.17 bits per heavy atom. The van der Waals surface area contributed by atoms with E-state index in [-0.39, 0.29) is 24.4 Å². The molecule has 1 aromatic heterocycles. The Kier molecular flexibility index (Phi) is 6.11. The van der Waals surface area contributed by atoms with E-state index in [1.54, 1.807) is 20.0 Å². The molecule has 1 aliphatic heterocycles. The van der Waals surface area contributed by atoms with Gasteiger partial charge in [-0.15, -0.1) is 0 Å². The number of nitrogen functional groups attached to an aromatic ring is 1. The van der Waals surface area contributed by atoms with Crippen LogP contribution >= 0.6 is 0 Å². The number of carbonyl (C=O) groups excluding carboxylic acids is 3. The molecule has 2 heterocycles. The summed E-state index contributed by atoms with van der Waals surface area (Å²) in [5, 5.41) is 5.22. The Morgan fingerprint density at radius 3 is 2.55 bits per heavy atom. The maximum absolute atomic E-state index is 13.0. The molecule has 1 unspecified atom stereocenters. The summed E-state index contributed by atoms with van der Waals surface area (Å²) < 4.78 is 0. The lowest BCUT2D eigenvalue weighted by molar-refractivity contribution is -0.148. The summed E-state index contributed by atoms with van der Waals surface area (Å²) in [7, 11) is 1.57. The number of carbonyl (C=O) groups is 3. The molecule has 0 radical (unpaired) electrons. The minimum atomic E-state index is -0.769. The zero-order chi connectivity index (χ0) is 21.0. The van der Waals surface area contributed by atoms with Crippen LogP contribution in [0.1, 0.15) is 30.0 Å². The predicted molar refractivity (Wildman–Crippen MR) is 110 cm³/mol. The third kappa shape index (κ3) is 4.53. The van der Waals surface area contributed by atoms with Gasteiger partial charge in [-0.25, -0.2) is 4.98 Å².